The van der Waals surface area contributed by atoms with Crippen LogP contribution in [0.25, 0.3) is 0 Å². The number of rotatable bonds is 0. The Morgan fingerprint density at radius 1 is 0.800 bits per heavy atom. The Labute approximate surface area is 187 Å². The third kappa shape index (κ3) is 2.58. The van der Waals surface area contributed by atoms with Crippen molar-refractivity contribution in [2.75, 3.05) is 0 Å². The molecule has 0 aromatic rings. The van der Waals surface area contributed by atoms with Gasteiger partial charge < -0.3 is 0 Å². The SMILES string of the molecule is CC1(C)CCC2(C)CCC3(C)C(=CCC4C5(C)CC=CC(C)(C)C5CCC43C)C2C1. The van der Waals surface area contributed by atoms with E-state index in [-0.39, 0.29) is 0 Å². The first-order valence-corrected chi connectivity index (χ1v) is 13.2. The van der Waals surface area contributed by atoms with E-state index >= 15 is 0 Å². The van der Waals surface area contributed by atoms with Gasteiger partial charge in [-0.25, -0.2) is 0 Å². The summed E-state index contributed by atoms with van der Waals surface area (Å²) in [4.78, 5) is 0. The first-order chi connectivity index (χ1) is 13.8. The van der Waals surface area contributed by atoms with Crippen LogP contribution in [0.1, 0.15) is 113 Å². The monoisotopic (exact) mass is 408 g/mol. The lowest BCUT2D eigenvalue weighted by molar-refractivity contribution is -0.160. The molecule has 0 N–H and O–H groups in total. The molecule has 5 aliphatic rings. The Kier molecular flexibility index (Phi) is 4.32. The fourth-order valence-electron chi connectivity index (χ4n) is 10.1. The highest BCUT2D eigenvalue weighted by Crippen LogP contribution is 2.75. The van der Waals surface area contributed by atoms with Crippen molar-refractivity contribution in [3.8, 4) is 0 Å². The van der Waals surface area contributed by atoms with Crippen molar-refractivity contribution in [1.82, 2.24) is 0 Å². The summed E-state index contributed by atoms with van der Waals surface area (Å²) in [6.07, 6.45) is 20.6. The van der Waals surface area contributed by atoms with Crippen LogP contribution in [0.2, 0.25) is 0 Å². The molecule has 7 atom stereocenters. The lowest BCUT2D eigenvalue weighted by Crippen LogP contribution is -2.62. The van der Waals surface area contributed by atoms with Gasteiger partial charge in [0.15, 0.2) is 0 Å². The summed E-state index contributed by atoms with van der Waals surface area (Å²) in [6.45, 7) is 20.9. The maximum absolute atomic E-state index is 2.83. The highest BCUT2D eigenvalue weighted by molar-refractivity contribution is 5.34. The van der Waals surface area contributed by atoms with Gasteiger partial charge in [-0.1, -0.05) is 79.2 Å². The summed E-state index contributed by atoms with van der Waals surface area (Å²) >= 11 is 0. The molecule has 0 amide bonds. The highest BCUT2D eigenvalue weighted by Gasteiger charge is 2.66. The van der Waals surface area contributed by atoms with E-state index in [1.54, 1.807) is 0 Å². The topological polar surface area (TPSA) is 0 Å². The Hall–Kier alpha value is -0.520. The Bertz CT molecular complexity index is 795. The Morgan fingerprint density at radius 3 is 2.23 bits per heavy atom. The molecule has 3 saturated carbocycles. The van der Waals surface area contributed by atoms with Gasteiger partial charge >= 0.3 is 0 Å². The van der Waals surface area contributed by atoms with Gasteiger partial charge in [-0.15, -0.1) is 0 Å². The summed E-state index contributed by atoms with van der Waals surface area (Å²) < 4.78 is 0. The average molecular weight is 409 g/mol. The van der Waals surface area contributed by atoms with E-state index in [4.69, 9.17) is 0 Å². The summed E-state index contributed by atoms with van der Waals surface area (Å²) in [5.41, 5.74) is 4.68. The second-order valence-corrected chi connectivity index (χ2v) is 14.8. The summed E-state index contributed by atoms with van der Waals surface area (Å²) in [6, 6.07) is 0. The molecule has 0 radical (unpaired) electrons. The molecule has 3 fully saturated rings. The van der Waals surface area contributed by atoms with Crippen molar-refractivity contribution >= 4 is 0 Å². The Balaban J connectivity index is 1.59. The summed E-state index contributed by atoms with van der Waals surface area (Å²) in [5, 5.41) is 0. The van der Waals surface area contributed by atoms with Crippen molar-refractivity contribution in [3.63, 3.8) is 0 Å². The molecule has 0 aromatic carbocycles. The van der Waals surface area contributed by atoms with E-state index in [2.05, 4.69) is 73.6 Å². The van der Waals surface area contributed by atoms with Crippen LogP contribution in [0.3, 0.4) is 0 Å². The zero-order chi connectivity index (χ0) is 21.8. The number of hydrogen-bond acceptors (Lipinski definition) is 0. The molecule has 5 aliphatic carbocycles. The number of hydrogen-bond donors (Lipinski definition) is 0. The van der Waals surface area contributed by atoms with Crippen LogP contribution < -0.4 is 0 Å². The van der Waals surface area contributed by atoms with E-state index < -0.39 is 0 Å². The van der Waals surface area contributed by atoms with Crippen LogP contribution in [-0.4, -0.2) is 0 Å². The first-order valence-electron chi connectivity index (χ1n) is 13.2. The molecule has 0 nitrogen and oxygen atoms in total. The van der Waals surface area contributed by atoms with Crippen molar-refractivity contribution in [2.45, 2.75) is 113 Å². The molecule has 0 heterocycles. The van der Waals surface area contributed by atoms with Gasteiger partial charge in [0.05, 0.1) is 0 Å². The molecule has 0 aliphatic heterocycles. The number of allylic oxidation sites excluding steroid dienone is 4. The molecule has 30 heavy (non-hydrogen) atoms. The smallest absolute Gasteiger partial charge is 0.00565 e. The predicted molar refractivity (Wildman–Crippen MR) is 129 cm³/mol. The molecule has 5 rings (SSSR count). The van der Waals surface area contributed by atoms with Gasteiger partial charge in [0, 0.05) is 0 Å². The van der Waals surface area contributed by atoms with E-state index in [1.807, 2.05) is 5.57 Å². The quantitative estimate of drug-likeness (QED) is 0.351. The average Bonchev–Trinajstić information content (AvgIpc) is 2.63. The number of fused-ring (bicyclic) bond motifs is 7. The zero-order valence-electron chi connectivity index (χ0n) is 21.3. The molecule has 0 heteroatoms. The molecule has 7 unspecified atom stereocenters. The molecular formula is C30H48. The summed E-state index contributed by atoms with van der Waals surface area (Å²) in [7, 11) is 0. The van der Waals surface area contributed by atoms with Gasteiger partial charge in [-0.2, -0.15) is 0 Å². The first kappa shape index (κ1) is 21.3. The van der Waals surface area contributed by atoms with Crippen molar-refractivity contribution < 1.29 is 0 Å². The molecule has 168 valence electrons. The zero-order valence-corrected chi connectivity index (χ0v) is 21.3. The predicted octanol–water partition coefficient (Wildman–Crippen LogP) is 8.97. The van der Waals surface area contributed by atoms with Crippen molar-refractivity contribution in [1.29, 1.82) is 0 Å². The normalized spacial score (nSPS) is 53.6. The van der Waals surface area contributed by atoms with E-state index in [1.165, 1.54) is 57.8 Å². The third-order valence-corrected chi connectivity index (χ3v) is 12.3. The minimum absolute atomic E-state index is 0.359. The second-order valence-electron chi connectivity index (χ2n) is 14.8. The second kappa shape index (κ2) is 6.08. The fraction of sp³-hybridized carbons (Fsp3) is 0.867. The molecule has 0 spiro atoms. The van der Waals surface area contributed by atoms with Crippen LogP contribution in [0.4, 0.5) is 0 Å². The van der Waals surface area contributed by atoms with Crippen molar-refractivity contribution in [3.05, 3.63) is 23.8 Å². The minimum atomic E-state index is 0.359. The molecule has 0 aromatic heterocycles. The van der Waals surface area contributed by atoms with Crippen molar-refractivity contribution in [2.24, 2.45) is 50.2 Å². The highest BCUT2D eigenvalue weighted by atomic mass is 14.7. The van der Waals surface area contributed by atoms with Gasteiger partial charge in [0.25, 0.3) is 0 Å². The van der Waals surface area contributed by atoms with Gasteiger partial charge in [-0.05, 0) is 108 Å². The van der Waals surface area contributed by atoms with E-state index in [9.17, 15) is 0 Å². The standard InChI is InChI=1S/C30H48/c1-25(2)16-17-27(5)18-19-29(7)21(22(27)20-25)10-11-24-28(6)14-9-13-26(3,4)23(28)12-15-30(24,29)8/h9-10,13,22-24H,11-12,14-20H2,1-8H3. The largest absolute Gasteiger partial charge is 0.0874 e. The van der Waals surface area contributed by atoms with Gasteiger partial charge in [0.1, 0.15) is 0 Å². The fourth-order valence-corrected chi connectivity index (χ4v) is 10.1. The third-order valence-electron chi connectivity index (χ3n) is 12.3. The van der Waals surface area contributed by atoms with Crippen LogP contribution >= 0.6 is 0 Å². The van der Waals surface area contributed by atoms with Crippen LogP contribution in [0.15, 0.2) is 23.8 Å². The minimum Gasteiger partial charge on any atom is -0.0874 e. The van der Waals surface area contributed by atoms with Crippen LogP contribution in [0.5, 0.6) is 0 Å². The van der Waals surface area contributed by atoms with Crippen LogP contribution in [-0.2, 0) is 0 Å². The maximum atomic E-state index is 2.83. The van der Waals surface area contributed by atoms with Crippen LogP contribution in [0, 0.1) is 50.2 Å². The lowest BCUT2D eigenvalue weighted by Gasteiger charge is -2.70. The van der Waals surface area contributed by atoms with Gasteiger partial charge in [0.2, 0.25) is 0 Å². The Morgan fingerprint density at radius 2 is 1.50 bits per heavy atom. The molecular weight excluding hydrogens is 360 g/mol. The summed E-state index contributed by atoms with van der Waals surface area (Å²) in [5.74, 6) is 2.50. The molecule has 0 saturated heterocycles. The maximum Gasteiger partial charge on any atom is -0.00565 e. The van der Waals surface area contributed by atoms with E-state index in [0.29, 0.717) is 32.5 Å². The lowest BCUT2D eigenvalue weighted by atomic mass is 9.34. The molecule has 0 bridgehead atoms. The van der Waals surface area contributed by atoms with E-state index in [0.717, 1.165) is 17.8 Å². The van der Waals surface area contributed by atoms with Gasteiger partial charge in [-0.3, -0.25) is 0 Å².